The first-order valence-corrected chi connectivity index (χ1v) is 27.8. The van der Waals surface area contributed by atoms with Crippen LogP contribution in [-0.4, -0.2) is 0 Å². The highest BCUT2D eigenvalue weighted by atomic mass is 16.3. The summed E-state index contributed by atoms with van der Waals surface area (Å²) < 4.78 is 14.0. The fraction of sp³-hybridized carbons (Fsp3) is 0.162. The average Bonchev–Trinajstić information content (AvgIpc) is 4.38. The van der Waals surface area contributed by atoms with Gasteiger partial charge in [0.2, 0.25) is 0 Å². The molecule has 0 atom stereocenters. The topological polar surface area (TPSA) is 32.8 Å². The Labute approximate surface area is 455 Å². The highest BCUT2D eigenvalue weighted by Crippen LogP contribution is 2.53. The van der Waals surface area contributed by atoms with E-state index < -0.39 is 0 Å². The van der Waals surface area contributed by atoms with E-state index in [-0.39, 0.29) is 10.8 Å². The van der Waals surface area contributed by atoms with Crippen LogP contribution in [0.4, 0.5) is 34.1 Å². The zero-order valence-electron chi connectivity index (χ0n) is 45.5. The van der Waals surface area contributed by atoms with Crippen molar-refractivity contribution in [2.45, 2.75) is 78.1 Å². The van der Waals surface area contributed by atoms with E-state index in [1.165, 1.54) is 55.6 Å². The number of fused-ring (bicyclic) bond motifs is 17. The van der Waals surface area contributed by atoms with Crippen molar-refractivity contribution in [3.05, 3.63) is 240 Å². The van der Waals surface area contributed by atoms with E-state index in [0.29, 0.717) is 11.8 Å². The Kier molecular flexibility index (Phi) is 10.0. The highest BCUT2D eigenvalue weighted by Gasteiger charge is 2.37. The molecular formula is C74H60N2O2. The van der Waals surface area contributed by atoms with Crippen LogP contribution in [-0.2, 0) is 10.8 Å². The third-order valence-corrected chi connectivity index (χ3v) is 17.8. The van der Waals surface area contributed by atoms with E-state index in [0.717, 1.165) is 99.5 Å². The van der Waals surface area contributed by atoms with Crippen LogP contribution in [0.1, 0.15) is 101 Å². The molecule has 2 aliphatic carbocycles. The molecule has 4 nitrogen and oxygen atoms in total. The van der Waals surface area contributed by atoms with Gasteiger partial charge in [-0.25, -0.2) is 0 Å². The van der Waals surface area contributed by atoms with E-state index in [2.05, 4.69) is 271 Å². The van der Waals surface area contributed by atoms with Gasteiger partial charge in [-0.2, -0.15) is 0 Å². The third kappa shape index (κ3) is 6.78. The van der Waals surface area contributed by atoms with Gasteiger partial charge in [0.15, 0.2) is 0 Å². The minimum absolute atomic E-state index is 0.0683. The summed E-state index contributed by atoms with van der Waals surface area (Å²) in [5, 5.41) is 8.57. The van der Waals surface area contributed by atoms with Crippen LogP contribution in [0, 0.1) is 0 Å². The fourth-order valence-corrected chi connectivity index (χ4v) is 13.5. The molecule has 2 aromatic heterocycles. The van der Waals surface area contributed by atoms with Gasteiger partial charge >= 0.3 is 0 Å². The molecule has 0 saturated heterocycles. The molecule has 2 heterocycles. The second-order valence-corrected chi connectivity index (χ2v) is 23.7. The van der Waals surface area contributed by atoms with Gasteiger partial charge in [0.05, 0.1) is 5.39 Å². The minimum atomic E-state index is -0.0687. The maximum atomic E-state index is 7.12. The molecular weight excluding hydrogens is 949 g/mol. The zero-order valence-corrected chi connectivity index (χ0v) is 45.5. The Morgan fingerprint density at radius 2 is 0.705 bits per heavy atom. The predicted octanol–water partition coefficient (Wildman–Crippen LogP) is 21.6. The van der Waals surface area contributed by atoms with Gasteiger partial charge in [0.1, 0.15) is 22.3 Å². The first kappa shape index (κ1) is 46.4. The van der Waals surface area contributed by atoms with Crippen LogP contribution in [0.2, 0.25) is 0 Å². The summed E-state index contributed by atoms with van der Waals surface area (Å²) in [4.78, 5) is 4.81. The van der Waals surface area contributed by atoms with Gasteiger partial charge in [-0.05, 0) is 187 Å². The lowest BCUT2D eigenvalue weighted by Crippen LogP contribution is -2.15. The number of hydrogen-bond donors (Lipinski definition) is 0. The molecule has 11 aromatic carbocycles. The lowest BCUT2D eigenvalue weighted by atomic mass is 9.82. The summed E-state index contributed by atoms with van der Waals surface area (Å²) in [5.74, 6) is 0.882. The third-order valence-electron chi connectivity index (χ3n) is 17.8. The van der Waals surface area contributed by atoms with Crippen LogP contribution in [0.15, 0.2) is 215 Å². The Hall–Kier alpha value is -8.86. The number of nitrogens with zero attached hydrogens (tertiary/aromatic N) is 2. The first-order valence-electron chi connectivity index (χ1n) is 27.8. The molecule has 0 radical (unpaired) electrons. The van der Waals surface area contributed by atoms with Crippen molar-refractivity contribution in [2.75, 3.05) is 9.80 Å². The summed E-state index contributed by atoms with van der Waals surface area (Å²) in [6.07, 6.45) is 0. The second-order valence-electron chi connectivity index (χ2n) is 23.7. The number of furan rings is 2. The molecule has 78 heavy (non-hydrogen) atoms. The molecule has 0 bridgehead atoms. The van der Waals surface area contributed by atoms with Gasteiger partial charge in [-0.15, -0.1) is 0 Å². The quantitative estimate of drug-likeness (QED) is 0.152. The molecule has 0 saturated carbocycles. The van der Waals surface area contributed by atoms with E-state index in [1.807, 2.05) is 0 Å². The van der Waals surface area contributed by atoms with Crippen LogP contribution in [0.25, 0.3) is 87.7 Å². The van der Waals surface area contributed by atoms with E-state index >= 15 is 0 Å². The summed E-state index contributed by atoms with van der Waals surface area (Å²) in [6, 6.07) is 76.9. The monoisotopic (exact) mass is 1010 g/mol. The predicted molar refractivity (Wildman–Crippen MR) is 329 cm³/mol. The largest absolute Gasteiger partial charge is 0.455 e. The molecule has 0 amide bonds. The number of hydrogen-bond acceptors (Lipinski definition) is 4. The van der Waals surface area contributed by atoms with E-state index in [9.17, 15) is 0 Å². The fourth-order valence-electron chi connectivity index (χ4n) is 13.5. The van der Waals surface area contributed by atoms with Crippen molar-refractivity contribution in [1.29, 1.82) is 0 Å². The Bertz CT molecular complexity index is 4620. The van der Waals surface area contributed by atoms with Crippen LogP contribution in [0.5, 0.6) is 0 Å². The van der Waals surface area contributed by atoms with Crippen molar-refractivity contribution < 1.29 is 8.83 Å². The molecule has 2 aliphatic rings. The number of anilines is 6. The van der Waals surface area contributed by atoms with Gasteiger partial charge < -0.3 is 18.6 Å². The van der Waals surface area contributed by atoms with Crippen LogP contribution < -0.4 is 9.80 Å². The Morgan fingerprint density at radius 3 is 1.21 bits per heavy atom. The van der Waals surface area contributed by atoms with Gasteiger partial charge in [0.25, 0.3) is 0 Å². The highest BCUT2D eigenvalue weighted by molar-refractivity contribution is 6.27. The molecule has 0 N–H and O–H groups in total. The smallest absolute Gasteiger partial charge is 0.147 e. The summed E-state index contributed by atoms with van der Waals surface area (Å²) in [7, 11) is 0. The van der Waals surface area contributed by atoms with Gasteiger partial charge in [0, 0.05) is 71.9 Å². The summed E-state index contributed by atoms with van der Waals surface area (Å²) >= 11 is 0. The summed E-state index contributed by atoms with van der Waals surface area (Å²) in [5.41, 5.74) is 23.3. The standard InChI is InChI=1S/C74H60N2O2/c1-43(2)45-17-23-49(24-18-45)75(53-29-36-66-62(41-53)57-13-9-11-15-64(57)73(66,5)6)51-27-33-55-47(39-51)21-31-59-60-35-38-68-69(72(60)78-70(55)59)61-32-22-48-40-52(28-34-56(48)71(61)77-68)76(50-25-19-46(20-26-50)44(3)4)54-30-37-67-63(42-54)58-14-10-12-16-65(58)74(67,7)8/h9-44H,1-8H3. The molecule has 0 fully saturated rings. The normalized spacial score (nSPS) is 14.1. The number of benzene rings is 11. The molecule has 0 unspecified atom stereocenters. The summed E-state index contributed by atoms with van der Waals surface area (Å²) in [6.45, 7) is 18.4. The Balaban J connectivity index is 0.836. The molecule has 4 heteroatoms. The van der Waals surface area contributed by atoms with E-state index in [1.54, 1.807) is 0 Å². The lowest BCUT2D eigenvalue weighted by molar-refractivity contribution is 0.660. The van der Waals surface area contributed by atoms with E-state index in [4.69, 9.17) is 8.83 Å². The van der Waals surface area contributed by atoms with Crippen molar-refractivity contribution in [1.82, 2.24) is 0 Å². The maximum absolute atomic E-state index is 7.12. The van der Waals surface area contributed by atoms with Crippen LogP contribution >= 0.6 is 0 Å². The van der Waals surface area contributed by atoms with Gasteiger partial charge in [-0.3, -0.25) is 0 Å². The van der Waals surface area contributed by atoms with Crippen LogP contribution in [0.3, 0.4) is 0 Å². The molecule has 0 spiro atoms. The second kappa shape index (κ2) is 16.8. The zero-order chi connectivity index (χ0) is 52.9. The SMILES string of the molecule is CC(C)c1ccc(N(c2ccc3c(c2)-c2ccccc2C3(C)C)c2ccc3c(ccc4c5ccc6oc7c8ccc(N(c9ccc(C(C)C)cc9)c9ccc%10c(c9)-c9ccccc9C%10(C)C)cc8ccc7c6c5oc34)c2)cc1. The lowest BCUT2D eigenvalue weighted by Gasteiger charge is -2.27. The minimum Gasteiger partial charge on any atom is -0.455 e. The molecule has 0 aliphatic heterocycles. The van der Waals surface area contributed by atoms with Crippen molar-refractivity contribution in [3.8, 4) is 22.3 Å². The van der Waals surface area contributed by atoms with Crippen molar-refractivity contribution in [2.24, 2.45) is 0 Å². The maximum Gasteiger partial charge on any atom is 0.147 e. The average molecular weight is 1010 g/mol. The molecule has 378 valence electrons. The van der Waals surface area contributed by atoms with Crippen molar-refractivity contribution >= 4 is 99.5 Å². The molecule has 13 aromatic rings. The number of rotatable bonds is 8. The van der Waals surface area contributed by atoms with Gasteiger partial charge in [-0.1, -0.05) is 152 Å². The van der Waals surface area contributed by atoms with Crippen molar-refractivity contribution in [3.63, 3.8) is 0 Å². The Morgan fingerprint density at radius 1 is 0.321 bits per heavy atom. The molecule has 15 rings (SSSR count). The first-order chi connectivity index (χ1) is 37.8.